The van der Waals surface area contributed by atoms with Crippen LogP contribution in [0.2, 0.25) is 0 Å². The average molecular weight is 289 g/mol. The van der Waals surface area contributed by atoms with Crippen molar-refractivity contribution in [3.63, 3.8) is 0 Å². The molecule has 0 bridgehead atoms. The molecule has 0 fully saturated rings. The smallest absolute Gasteiger partial charge is 0.243 e. The molecule has 3 N–H and O–H groups in total. The van der Waals surface area contributed by atoms with Crippen LogP contribution in [0.3, 0.4) is 0 Å². The Balaban J connectivity index is 2.64. The summed E-state index contributed by atoms with van der Waals surface area (Å²) in [6.07, 6.45) is 3.66. The number of likely N-dealkylation sites (N-methyl/N-ethyl adjacent to an activating group) is 1. The van der Waals surface area contributed by atoms with Crippen LogP contribution >= 0.6 is 0 Å². The fraction of sp³-hybridized carbons (Fsp3) is 0.727. The van der Waals surface area contributed by atoms with Gasteiger partial charge in [0.25, 0.3) is 0 Å². The summed E-state index contributed by atoms with van der Waals surface area (Å²) in [5.74, 6) is 0. The number of aryl methyl sites for hydroxylation is 1. The molecule has 1 aromatic rings. The lowest BCUT2D eigenvalue weighted by Gasteiger charge is -2.19. The fourth-order valence-corrected chi connectivity index (χ4v) is 2.43. The maximum atomic E-state index is 12.0. The van der Waals surface area contributed by atoms with Crippen molar-refractivity contribution < 1.29 is 8.42 Å². The van der Waals surface area contributed by atoms with E-state index in [2.05, 4.69) is 9.82 Å². The van der Waals surface area contributed by atoms with Gasteiger partial charge in [-0.1, -0.05) is 0 Å². The second-order valence-electron chi connectivity index (χ2n) is 4.75. The molecule has 0 saturated heterocycles. The third-order valence-electron chi connectivity index (χ3n) is 2.96. The summed E-state index contributed by atoms with van der Waals surface area (Å²) in [6, 6.07) is 0.127. The topological polar surface area (TPSA) is 93.2 Å². The van der Waals surface area contributed by atoms with Gasteiger partial charge in [0.15, 0.2) is 0 Å². The molecule has 0 aliphatic carbocycles. The highest BCUT2D eigenvalue weighted by molar-refractivity contribution is 7.89. The summed E-state index contributed by atoms with van der Waals surface area (Å²) < 4.78 is 28.2. The molecule has 0 radical (unpaired) electrons. The first-order chi connectivity index (χ1) is 8.86. The monoisotopic (exact) mass is 289 g/mol. The first-order valence-electron chi connectivity index (χ1n) is 6.25. The fourth-order valence-electron chi connectivity index (χ4n) is 1.36. The second-order valence-corrected chi connectivity index (χ2v) is 6.51. The largest absolute Gasteiger partial charge is 0.330 e. The van der Waals surface area contributed by atoms with Crippen LogP contribution in [0.1, 0.15) is 13.3 Å². The van der Waals surface area contributed by atoms with Gasteiger partial charge in [-0.2, -0.15) is 5.10 Å². The molecule has 8 heteroatoms. The Hall–Kier alpha value is -0.960. The van der Waals surface area contributed by atoms with E-state index in [0.29, 0.717) is 19.6 Å². The second kappa shape index (κ2) is 6.99. The maximum Gasteiger partial charge on any atom is 0.243 e. The predicted molar refractivity (Wildman–Crippen MR) is 74.2 cm³/mol. The summed E-state index contributed by atoms with van der Waals surface area (Å²) in [4.78, 5) is 2.14. The van der Waals surface area contributed by atoms with E-state index in [1.165, 1.54) is 12.4 Å². The molecule has 0 saturated carbocycles. The standard InChI is InChI=1S/C11H23N5O2S/c1-10(15(2)3)7-14-19(17,18)11-8-13-16(9-11)6-4-5-12/h8-10,14H,4-7,12H2,1-3H3. The SMILES string of the molecule is CC(CNS(=O)(=O)c1cnn(CCCN)c1)N(C)C. The van der Waals surface area contributed by atoms with E-state index in [0.717, 1.165) is 6.42 Å². The normalized spacial score (nSPS) is 13.9. The molecule has 19 heavy (non-hydrogen) atoms. The third kappa shape index (κ3) is 4.90. The van der Waals surface area contributed by atoms with Crippen molar-refractivity contribution in [2.24, 2.45) is 5.73 Å². The number of nitrogens with one attached hydrogen (secondary N) is 1. The Morgan fingerprint density at radius 1 is 1.53 bits per heavy atom. The molecule has 0 aliphatic rings. The number of sulfonamides is 1. The van der Waals surface area contributed by atoms with Gasteiger partial charge in [-0.25, -0.2) is 13.1 Å². The number of hydrogen-bond acceptors (Lipinski definition) is 5. The van der Waals surface area contributed by atoms with Crippen LogP contribution in [0.25, 0.3) is 0 Å². The van der Waals surface area contributed by atoms with E-state index in [1.807, 2.05) is 25.9 Å². The van der Waals surface area contributed by atoms with Crippen LogP contribution in [0, 0.1) is 0 Å². The van der Waals surface area contributed by atoms with Gasteiger partial charge in [-0.05, 0) is 34.0 Å². The summed E-state index contributed by atoms with van der Waals surface area (Å²) >= 11 is 0. The molecule has 1 unspecified atom stereocenters. The van der Waals surface area contributed by atoms with E-state index in [4.69, 9.17) is 5.73 Å². The van der Waals surface area contributed by atoms with Gasteiger partial charge in [0, 0.05) is 25.3 Å². The Kier molecular flexibility index (Phi) is 5.92. The summed E-state index contributed by atoms with van der Waals surface area (Å²) in [5, 5.41) is 4.01. The zero-order valence-electron chi connectivity index (χ0n) is 11.7. The molecule has 1 rings (SSSR count). The minimum Gasteiger partial charge on any atom is -0.330 e. The predicted octanol–water partition coefficient (Wildman–Crippen LogP) is -0.540. The zero-order valence-corrected chi connectivity index (χ0v) is 12.5. The molecular weight excluding hydrogens is 266 g/mol. The lowest BCUT2D eigenvalue weighted by atomic mass is 10.3. The average Bonchev–Trinajstić information content (AvgIpc) is 2.82. The molecule has 0 aliphatic heterocycles. The molecule has 0 amide bonds. The van der Waals surface area contributed by atoms with Crippen molar-refractivity contribution in [2.75, 3.05) is 27.2 Å². The number of nitrogens with two attached hydrogens (primary N) is 1. The Morgan fingerprint density at radius 3 is 2.79 bits per heavy atom. The Labute approximate surface area is 114 Å². The first kappa shape index (κ1) is 16.1. The molecule has 1 atom stereocenters. The number of nitrogens with zero attached hydrogens (tertiary/aromatic N) is 3. The van der Waals surface area contributed by atoms with Gasteiger partial charge in [0.2, 0.25) is 10.0 Å². The van der Waals surface area contributed by atoms with Gasteiger partial charge < -0.3 is 10.6 Å². The van der Waals surface area contributed by atoms with E-state index < -0.39 is 10.0 Å². The lowest BCUT2D eigenvalue weighted by molar-refractivity contribution is 0.314. The van der Waals surface area contributed by atoms with Gasteiger partial charge in [-0.3, -0.25) is 4.68 Å². The highest BCUT2D eigenvalue weighted by Gasteiger charge is 2.17. The van der Waals surface area contributed by atoms with Crippen LogP contribution in [0.15, 0.2) is 17.3 Å². The zero-order chi connectivity index (χ0) is 14.5. The van der Waals surface area contributed by atoms with Crippen molar-refractivity contribution in [1.82, 2.24) is 19.4 Å². The summed E-state index contributed by atoms with van der Waals surface area (Å²) in [7, 11) is 0.329. The lowest BCUT2D eigenvalue weighted by Crippen LogP contribution is -2.38. The van der Waals surface area contributed by atoms with Crippen molar-refractivity contribution in [3.8, 4) is 0 Å². The van der Waals surface area contributed by atoms with Crippen LogP contribution in [0.4, 0.5) is 0 Å². The molecule has 1 aromatic heterocycles. The van der Waals surface area contributed by atoms with Crippen LogP contribution in [-0.4, -0.2) is 56.3 Å². The van der Waals surface area contributed by atoms with E-state index in [1.54, 1.807) is 4.68 Å². The first-order valence-corrected chi connectivity index (χ1v) is 7.73. The molecule has 110 valence electrons. The molecule has 7 nitrogen and oxygen atoms in total. The Morgan fingerprint density at radius 2 is 2.21 bits per heavy atom. The number of hydrogen-bond donors (Lipinski definition) is 2. The summed E-state index contributed by atoms with van der Waals surface area (Å²) in [5.41, 5.74) is 5.40. The van der Waals surface area contributed by atoms with Gasteiger partial charge in [-0.15, -0.1) is 0 Å². The minimum atomic E-state index is -3.48. The quantitative estimate of drug-likeness (QED) is 0.670. The van der Waals surface area contributed by atoms with Gasteiger partial charge >= 0.3 is 0 Å². The minimum absolute atomic E-state index is 0.127. The van der Waals surface area contributed by atoms with Gasteiger partial charge in [0.05, 0.1) is 6.20 Å². The highest BCUT2D eigenvalue weighted by Crippen LogP contribution is 2.07. The molecule has 0 aromatic carbocycles. The highest BCUT2D eigenvalue weighted by atomic mass is 32.2. The van der Waals surface area contributed by atoms with Crippen LogP contribution in [0.5, 0.6) is 0 Å². The number of rotatable bonds is 8. The summed E-state index contributed by atoms with van der Waals surface area (Å²) in [6.45, 7) is 3.50. The van der Waals surface area contributed by atoms with Crippen LogP contribution < -0.4 is 10.5 Å². The van der Waals surface area contributed by atoms with E-state index >= 15 is 0 Å². The van der Waals surface area contributed by atoms with Crippen molar-refractivity contribution in [1.29, 1.82) is 0 Å². The van der Waals surface area contributed by atoms with Gasteiger partial charge in [0.1, 0.15) is 4.90 Å². The maximum absolute atomic E-state index is 12.0. The third-order valence-corrected chi connectivity index (χ3v) is 4.34. The van der Waals surface area contributed by atoms with Crippen molar-refractivity contribution in [3.05, 3.63) is 12.4 Å². The van der Waals surface area contributed by atoms with E-state index in [-0.39, 0.29) is 10.9 Å². The Bertz CT molecular complexity index is 483. The van der Waals surface area contributed by atoms with Crippen LogP contribution in [-0.2, 0) is 16.6 Å². The molecular formula is C11H23N5O2S. The molecule has 1 heterocycles. The number of aromatic nitrogens is 2. The van der Waals surface area contributed by atoms with E-state index in [9.17, 15) is 8.42 Å². The molecule has 0 spiro atoms. The van der Waals surface area contributed by atoms with Crippen molar-refractivity contribution in [2.45, 2.75) is 30.8 Å². The van der Waals surface area contributed by atoms with Crippen molar-refractivity contribution >= 4 is 10.0 Å².